The van der Waals surface area contributed by atoms with Crippen molar-refractivity contribution in [3.8, 4) is 0 Å². The van der Waals surface area contributed by atoms with Gasteiger partial charge >= 0.3 is 5.97 Å². The molecule has 7 nitrogen and oxygen atoms in total. The fourth-order valence-corrected chi connectivity index (χ4v) is 4.69. The Morgan fingerprint density at radius 1 is 1.11 bits per heavy atom. The van der Waals surface area contributed by atoms with Crippen molar-refractivity contribution >= 4 is 32.9 Å². The number of benzene rings is 2. The van der Waals surface area contributed by atoms with Gasteiger partial charge in [-0.05, 0) is 25.1 Å². The summed E-state index contributed by atoms with van der Waals surface area (Å²) in [5, 5.41) is 0.555. The summed E-state index contributed by atoms with van der Waals surface area (Å²) in [6.07, 6.45) is 0. The maximum atomic E-state index is 12.8. The number of amides is 1. The molecular formula is C19H15NO6S. The van der Waals surface area contributed by atoms with E-state index in [1.54, 1.807) is 43.3 Å². The molecule has 0 bridgehead atoms. The average Bonchev–Trinajstić information content (AvgIpc) is 3.12. The van der Waals surface area contributed by atoms with Crippen molar-refractivity contribution in [3.05, 3.63) is 65.4 Å². The van der Waals surface area contributed by atoms with Crippen LogP contribution in [0.25, 0.3) is 11.0 Å². The van der Waals surface area contributed by atoms with Crippen LogP contribution in [0, 0.1) is 0 Å². The molecular weight excluding hydrogens is 370 g/mol. The molecule has 1 aliphatic heterocycles. The van der Waals surface area contributed by atoms with Gasteiger partial charge in [0.05, 0.1) is 18.7 Å². The van der Waals surface area contributed by atoms with Gasteiger partial charge in [-0.1, -0.05) is 30.3 Å². The maximum absolute atomic E-state index is 12.8. The second-order valence-electron chi connectivity index (χ2n) is 5.94. The number of sulfonamides is 1. The van der Waals surface area contributed by atoms with Crippen molar-refractivity contribution in [1.82, 2.24) is 4.31 Å². The van der Waals surface area contributed by atoms with E-state index in [9.17, 15) is 18.0 Å². The van der Waals surface area contributed by atoms with Crippen LogP contribution in [0.1, 0.15) is 33.4 Å². The number of rotatable bonds is 4. The van der Waals surface area contributed by atoms with Crippen LogP contribution in [-0.4, -0.2) is 31.2 Å². The predicted octanol–water partition coefficient (Wildman–Crippen LogP) is 2.95. The van der Waals surface area contributed by atoms with E-state index in [-0.39, 0.29) is 29.4 Å². The first kappa shape index (κ1) is 17.3. The lowest BCUT2D eigenvalue weighted by molar-refractivity contribution is 0.0489. The molecule has 3 aromatic rings. The molecule has 8 heteroatoms. The molecule has 0 spiro atoms. The number of hydrogen-bond donors (Lipinski definition) is 0. The molecule has 0 radical (unpaired) electrons. The number of carbonyl (C=O) groups is 2. The molecule has 0 saturated carbocycles. The molecule has 138 valence electrons. The molecule has 0 atom stereocenters. The van der Waals surface area contributed by atoms with Crippen LogP contribution in [0.3, 0.4) is 0 Å². The standard InChI is InChI=1S/C19H15NO6S/c1-2-25-19(22)17-14(12-7-3-5-9-15(12)26-17)11-20-18(21)13-8-4-6-10-16(13)27(20,23)24/h3-10H,2,11H2,1H3. The zero-order valence-electron chi connectivity index (χ0n) is 14.3. The van der Waals surface area contributed by atoms with E-state index in [1.165, 1.54) is 12.1 Å². The number of carbonyl (C=O) groups excluding carboxylic acids is 2. The fourth-order valence-electron chi connectivity index (χ4n) is 3.15. The molecule has 1 aliphatic rings. The highest BCUT2D eigenvalue weighted by molar-refractivity contribution is 7.90. The zero-order valence-corrected chi connectivity index (χ0v) is 15.2. The maximum Gasteiger partial charge on any atom is 0.374 e. The molecule has 27 heavy (non-hydrogen) atoms. The first-order chi connectivity index (χ1) is 12.9. The van der Waals surface area contributed by atoms with Gasteiger partial charge in [-0.2, -0.15) is 0 Å². The third kappa shape index (κ3) is 2.60. The zero-order chi connectivity index (χ0) is 19.2. The lowest BCUT2D eigenvalue weighted by Crippen LogP contribution is -2.30. The highest BCUT2D eigenvalue weighted by Crippen LogP contribution is 2.34. The Bertz CT molecular complexity index is 1180. The van der Waals surface area contributed by atoms with Gasteiger partial charge in [0.15, 0.2) is 0 Å². The normalized spacial score (nSPS) is 15.1. The van der Waals surface area contributed by atoms with Crippen molar-refractivity contribution in [2.75, 3.05) is 6.61 Å². The van der Waals surface area contributed by atoms with Gasteiger partial charge in [-0.3, -0.25) is 4.79 Å². The molecule has 4 rings (SSSR count). The van der Waals surface area contributed by atoms with Crippen LogP contribution in [0.4, 0.5) is 0 Å². The fraction of sp³-hybridized carbons (Fsp3) is 0.158. The van der Waals surface area contributed by atoms with E-state index in [4.69, 9.17) is 9.15 Å². The molecule has 2 aromatic carbocycles. The number of nitrogens with zero attached hydrogens (tertiary/aromatic N) is 1. The SMILES string of the molecule is CCOC(=O)c1oc2ccccc2c1CN1C(=O)c2ccccc2S1(=O)=O. The number of hydrogen-bond acceptors (Lipinski definition) is 6. The van der Waals surface area contributed by atoms with Gasteiger partial charge in [0, 0.05) is 10.9 Å². The monoisotopic (exact) mass is 385 g/mol. The summed E-state index contributed by atoms with van der Waals surface area (Å²) in [7, 11) is -4.01. The molecule has 2 heterocycles. The highest BCUT2D eigenvalue weighted by Gasteiger charge is 2.42. The number of furan rings is 1. The van der Waals surface area contributed by atoms with E-state index < -0.39 is 21.9 Å². The van der Waals surface area contributed by atoms with E-state index in [2.05, 4.69) is 0 Å². The summed E-state index contributed by atoms with van der Waals surface area (Å²) in [4.78, 5) is 24.9. The molecule has 1 aromatic heterocycles. The Balaban J connectivity index is 1.84. The topological polar surface area (TPSA) is 93.9 Å². The molecule has 1 amide bonds. The Morgan fingerprint density at radius 2 is 1.81 bits per heavy atom. The van der Waals surface area contributed by atoms with E-state index in [1.807, 2.05) is 0 Å². The van der Waals surface area contributed by atoms with E-state index >= 15 is 0 Å². The Labute approximate surface area is 155 Å². The van der Waals surface area contributed by atoms with Gasteiger partial charge in [-0.15, -0.1) is 0 Å². The van der Waals surface area contributed by atoms with E-state index in [0.717, 1.165) is 4.31 Å². The smallest absolute Gasteiger partial charge is 0.374 e. The van der Waals surface area contributed by atoms with Gasteiger partial charge in [-0.25, -0.2) is 17.5 Å². The quantitative estimate of drug-likeness (QED) is 0.641. The van der Waals surface area contributed by atoms with Crippen LogP contribution in [0.15, 0.2) is 57.8 Å². The predicted molar refractivity (Wildman–Crippen MR) is 95.7 cm³/mol. The van der Waals surface area contributed by atoms with Crippen molar-refractivity contribution in [2.24, 2.45) is 0 Å². The molecule has 0 N–H and O–H groups in total. The Hall–Kier alpha value is -3.13. The number of esters is 1. The van der Waals surface area contributed by atoms with Crippen LogP contribution in [0.5, 0.6) is 0 Å². The van der Waals surface area contributed by atoms with Crippen LogP contribution < -0.4 is 0 Å². The minimum Gasteiger partial charge on any atom is -0.460 e. The Morgan fingerprint density at radius 3 is 2.56 bits per heavy atom. The number of fused-ring (bicyclic) bond motifs is 2. The van der Waals surface area contributed by atoms with E-state index in [0.29, 0.717) is 16.5 Å². The van der Waals surface area contributed by atoms with Gasteiger partial charge < -0.3 is 9.15 Å². The minimum atomic E-state index is -4.01. The first-order valence-corrected chi connectivity index (χ1v) is 9.72. The number of ether oxygens (including phenoxy) is 1. The second-order valence-corrected chi connectivity index (χ2v) is 7.77. The van der Waals surface area contributed by atoms with Crippen molar-refractivity contribution in [3.63, 3.8) is 0 Å². The van der Waals surface area contributed by atoms with Crippen molar-refractivity contribution in [1.29, 1.82) is 0 Å². The summed E-state index contributed by atoms with van der Waals surface area (Å²) >= 11 is 0. The molecule has 0 aliphatic carbocycles. The average molecular weight is 385 g/mol. The van der Waals surface area contributed by atoms with Gasteiger partial charge in [0.25, 0.3) is 15.9 Å². The summed E-state index contributed by atoms with van der Waals surface area (Å²) in [5.41, 5.74) is 0.828. The summed E-state index contributed by atoms with van der Waals surface area (Å²) in [6.45, 7) is 1.48. The molecule has 0 fully saturated rings. The largest absolute Gasteiger partial charge is 0.460 e. The first-order valence-electron chi connectivity index (χ1n) is 8.28. The molecule has 0 saturated heterocycles. The minimum absolute atomic E-state index is 0.0412. The number of para-hydroxylation sites is 1. The highest BCUT2D eigenvalue weighted by atomic mass is 32.2. The van der Waals surface area contributed by atoms with Crippen molar-refractivity contribution < 1.29 is 27.2 Å². The third-order valence-corrected chi connectivity index (χ3v) is 6.16. The van der Waals surface area contributed by atoms with Crippen LogP contribution in [-0.2, 0) is 21.3 Å². The van der Waals surface area contributed by atoms with Crippen LogP contribution >= 0.6 is 0 Å². The summed E-state index contributed by atoms with van der Waals surface area (Å²) in [6, 6.07) is 12.9. The van der Waals surface area contributed by atoms with Crippen LogP contribution in [0.2, 0.25) is 0 Å². The van der Waals surface area contributed by atoms with Gasteiger partial charge in [0.1, 0.15) is 10.5 Å². The summed E-state index contributed by atoms with van der Waals surface area (Å²) in [5.74, 6) is -1.44. The summed E-state index contributed by atoms with van der Waals surface area (Å²) < 4.78 is 37.0. The second kappa shape index (κ2) is 6.24. The Kier molecular flexibility index (Phi) is 4.00. The lowest BCUT2D eigenvalue weighted by atomic mass is 10.1. The van der Waals surface area contributed by atoms with Gasteiger partial charge in [0.2, 0.25) is 5.76 Å². The van der Waals surface area contributed by atoms with Crippen molar-refractivity contribution in [2.45, 2.75) is 18.4 Å². The molecule has 0 unspecified atom stereocenters. The lowest BCUT2D eigenvalue weighted by Gasteiger charge is -2.15. The third-order valence-electron chi connectivity index (χ3n) is 4.37.